The molecule has 1 aromatic heterocycles. The van der Waals surface area contributed by atoms with Crippen LogP contribution in [-0.2, 0) is 13.6 Å². The third kappa shape index (κ3) is 3.86. The zero-order chi connectivity index (χ0) is 15.4. The zero-order valence-corrected chi connectivity index (χ0v) is 14.7. The lowest BCUT2D eigenvalue weighted by Gasteiger charge is -2.21. The number of aromatic nitrogens is 2. The number of aryl methyl sites for hydroxylation is 1. The number of hydrogen-bond donors (Lipinski definition) is 1. The molecule has 0 radical (unpaired) electrons. The predicted octanol–water partition coefficient (Wildman–Crippen LogP) is 3.49. The SMILES string of the molecule is CCNC(C)c1ccc(N(C)Cc2nccn2C)cc1Br. The van der Waals surface area contributed by atoms with E-state index in [1.165, 1.54) is 11.3 Å². The lowest BCUT2D eigenvalue weighted by atomic mass is 10.1. The number of imidazole rings is 1. The van der Waals surface area contributed by atoms with Crippen molar-refractivity contribution in [2.24, 2.45) is 7.05 Å². The van der Waals surface area contributed by atoms with Crippen molar-refractivity contribution in [1.29, 1.82) is 0 Å². The lowest BCUT2D eigenvalue weighted by molar-refractivity contribution is 0.596. The molecule has 2 aromatic rings. The van der Waals surface area contributed by atoms with Crippen molar-refractivity contribution >= 4 is 21.6 Å². The summed E-state index contributed by atoms with van der Waals surface area (Å²) in [5, 5.41) is 3.44. The van der Waals surface area contributed by atoms with Crippen LogP contribution in [0.5, 0.6) is 0 Å². The fraction of sp³-hybridized carbons (Fsp3) is 0.438. The van der Waals surface area contributed by atoms with Crippen LogP contribution in [0.2, 0.25) is 0 Å². The van der Waals surface area contributed by atoms with E-state index in [0.717, 1.165) is 23.4 Å². The standard InChI is InChI=1S/C16H23BrN4/c1-5-18-12(2)14-7-6-13(10-15(14)17)21(4)11-16-19-8-9-20(16)3/h6-10,12,18H,5,11H2,1-4H3. The molecule has 5 heteroatoms. The predicted molar refractivity (Wildman–Crippen MR) is 91.5 cm³/mol. The van der Waals surface area contributed by atoms with Gasteiger partial charge >= 0.3 is 0 Å². The maximum absolute atomic E-state index is 4.37. The van der Waals surface area contributed by atoms with Gasteiger partial charge in [-0.3, -0.25) is 0 Å². The van der Waals surface area contributed by atoms with E-state index in [1.54, 1.807) is 0 Å². The minimum atomic E-state index is 0.346. The van der Waals surface area contributed by atoms with Crippen LogP contribution in [0, 0.1) is 0 Å². The summed E-state index contributed by atoms with van der Waals surface area (Å²) in [6.45, 7) is 6.06. The van der Waals surface area contributed by atoms with Crippen LogP contribution in [0.25, 0.3) is 0 Å². The average Bonchev–Trinajstić information content (AvgIpc) is 2.84. The number of hydrogen-bond acceptors (Lipinski definition) is 3. The van der Waals surface area contributed by atoms with Gasteiger partial charge in [0.25, 0.3) is 0 Å². The largest absolute Gasteiger partial charge is 0.367 e. The Morgan fingerprint density at radius 1 is 1.43 bits per heavy atom. The van der Waals surface area contributed by atoms with Crippen molar-refractivity contribution in [1.82, 2.24) is 14.9 Å². The molecular weight excluding hydrogens is 328 g/mol. The molecule has 1 atom stereocenters. The van der Waals surface area contributed by atoms with E-state index in [9.17, 15) is 0 Å². The Kier molecular flexibility index (Phi) is 5.42. The minimum absolute atomic E-state index is 0.346. The third-order valence-corrected chi connectivity index (χ3v) is 4.39. The first-order valence-corrected chi connectivity index (χ1v) is 8.02. The number of nitrogens with one attached hydrogen (secondary N) is 1. The fourth-order valence-electron chi connectivity index (χ4n) is 2.37. The van der Waals surface area contributed by atoms with Gasteiger partial charge in [0.2, 0.25) is 0 Å². The van der Waals surface area contributed by atoms with E-state index < -0.39 is 0 Å². The van der Waals surface area contributed by atoms with Crippen molar-refractivity contribution in [3.63, 3.8) is 0 Å². The molecule has 4 nitrogen and oxygen atoms in total. The van der Waals surface area contributed by atoms with Crippen molar-refractivity contribution in [2.75, 3.05) is 18.5 Å². The summed E-state index contributed by atoms with van der Waals surface area (Å²) in [6, 6.07) is 6.86. The van der Waals surface area contributed by atoms with Crippen LogP contribution < -0.4 is 10.2 Å². The molecule has 1 heterocycles. The van der Waals surface area contributed by atoms with E-state index in [1.807, 2.05) is 24.0 Å². The highest BCUT2D eigenvalue weighted by Gasteiger charge is 2.11. The van der Waals surface area contributed by atoms with Gasteiger partial charge in [0.05, 0.1) is 6.54 Å². The molecule has 0 saturated heterocycles. The Balaban J connectivity index is 2.14. The second-order valence-corrected chi connectivity index (χ2v) is 6.15. The normalized spacial score (nSPS) is 12.4. The maximum atomic E-state index is 4.37. The molecule has 114 valence electrons. The van der Waals surface area contributed by atoms with Gasteiger partial charge < -0.3 is 14.8 Å². The molecule has 0 saturated carbocycles. The highest BCUT2D eigenvalue weighted by Crippen LogP contribution is 2.28. The van der Waals surface area contributed by atoms with Gasteiger partial charge in [0.15, 0.2) is 0 Å². The molecule has 0 aliphatic carbocycles. The molecule has 0 fully saturated rings. The number of benzene rings is 1. The first-order chi connectivity index (χ1) is 10.0. The summed E-state index contributed by atoms with van der Waals surface area (Å²) in [5.41, 5.74) is 2.46. The van der Waals surface area contributed by atoms with Crippen molar-refractivity contribution in [2.45, 2.75) is 26.4 Å². The molecule has 1 N–H and O–H groups in total. The van der Waals surface area contributed by atoms with Crippen molar-refractivity contribution in [3.05, 3.63) is 46.5 Å². The topological polar surface area (TPSA) is 33.1 Å². The van der Waals surface area contributed by atoms with Gasteiger partial charge in [0.1, 0.15) is 5.82 Å². The van der Waals surface area contributed by atoms with Gasteiger partial charge in [0, 0.05) is 42.7 Å². The zero-order valence-electron chi connectivity index (χ0n) is 13.1. The summed E-state index contributed by atoms with van der Waals surface area (Å²) in [5.74, 6) is 1.05. The Hall–Kier alpha value is -1.33. The minimum Gasteiger partial charge on any atom is -0.367 e. The second-order valence-electron chi connectivity index (χ2n) is 5.30. The van der Waals surface area contributed by atoms with E-state index in [4.69, 9.17) is 0 Å². The third-order valence-electron chi connectivity index (χ3n) is 3.70. The quantitative estimate of drug-likeness (QED) is 0.865. The first kappa shape index (κ1) is 16.0. The maximum Gasteiger partial charge on any atom is 0.127 e. The van der Waals surface area contributed by atoms with Crippen LogP contribution in [-0.4, -0.2) is 23.1 Å². The van der Waals surface area contributed by atoms with Gasteiger partial charge in [-0.2, -0.15) is 0 Å². The summed E-state index contributed by atoms with van der Waals surface area (Å²) >= 11 is 3.69. The van der Waals surface area contributed by atoms with Crippen molar-refractivity contribution in [3.8, 4) is 0 Å². The van der Waals surface area contributed by atoms with Gasteiger partial charge in [-0.15, -0.1) is 0 Å². The molecule has 0 aliphatic rings. The smallest absolute Gasteiger partial charge is 0.127 e. The van der Waals surface area contributed by atoms with Crippen LogP contribution in [0.15, 0.2) is 35.1 Å². The lowest BCUT2D eigenvalue weighted by Crippen LogP contribution is -2.20. The number of halogens is 1. The molecule has 21 heavy (non-hydrogen) atoms. The molecule has 0 amide bonds. The monoisotopic (exact) mass is 350 g/mol. The molecule has 1 aromatic carbocycles. The number of anilines is 1. The Bertz CT molecular complexity index is 594. The highest BCUT2D eigenvalue weighted by molar-refractivity contribution is 9.10. The van der Waals surface area contributed by atoms with Gasteiger partial charge in [-0.25, -0.2) is 4.98 Å². The molecular formula is C16H23BrN4. The fourth-order valence-corrected chi connectivity index (χ4v) is 3.08. The Morgan fingerprint density at radius 3 is 2.76 bits per heavy atom. The van der Waals surface area contributed by atoms with Crippen LogP contribution in [0.3, 0.4) is 0 Å². The Morgan fingerprint density at radius 2 is 2.19 bits per heavy atom. The Labute approximate surface area is 135 Å². The molecule has 0 bridgehead atoms. The van der Waals surface area contributed by atoms with E-state index in [2.05, 4.69) is 70.2 Å². The summed E-state index contributed by atoms with van der Waals surface area (Å²) in [6.07, 6.45) is 3.81. The average molecular weight is 351 g/mol. The molecule has 0 aliphatic heterocycles. The van der Waals surface area contributed by atoms with Crippen LogP contribution >= 0.6 is 15.9 Å². The molecule has 0 spiro atoms. The van der Waals surface area contributed by atoms with Crippen molar-refractivity contribution < 1.29 is 0 Å². The van der Waals surface area contributed by atoms with Crippen LogP contribution in [0.4, 0.5) is 5.69 Å². The number of nitrogens with zero attached hydrogens (tertiary/aromatic N) is 3. The van der Waals surface area contributed by atoms with Gasteiger partial charge in [-0.1, -0.05) is 28.9 Å². The number of rotatable bonds is 6. The second kappa shape index (κ2) is 7.09. The molecule has 1 unspecified atom stereocenters. The molecule has 2 rings (SSSR count). The van der Waals surface area contributed by atoms with E-state index in [-0.39, 0.29) is 0 Å². The van der Waals surface area contributed by atoms with E-state index >= 15 is 0 Å². The van der Waals surface area contributed by atoms with Gasteiger partial charge in [-0.05, 0) is 31.2 Å². The summed E-state index contributed by atoms with van der Waals surface area (Å²) in [4.78, 5) is 6.58. The summed E-state index contributed by atoms with van der Waals surface area (Å²) < 4.78 is 3.19. The van der Waals surface area contributed by atoms with E-state index in [0.29, 0.717) is 6.04 Å². The first-order valence-electron chi connectivity index (χ1n) is 7.23. The summed E-state index contributed by atoms with van der Waals surface area (Å²) in [7, 11) is 4.11. The highest BCUT2D eigenvalue weighted by atomic mass is 79.9. The van der Waals surface area contributed by atoms with Crippen LogP contribution in [0.1, 0.15) is 31.3 Å².